The van der Waals surface area contributed by atoms with Gasteiger partial charge in [-0.05, 0) is 52.7 Å². The van der Waals surface area contributed by atoms with Crippen LogP contribution in [0.25, 0.3) is 0 Å². The van der Waals surface area contributed by atoms with Gasteiger partial charge in [0.05, 0.1) is 0 Å². The van der Waals surface area contributed by atoms with Crippen molar-refractivity contribution in [3.63, 3.8) is 0 Å². The minimum absolute atomic E-state index is 0.606. The van der Waals surface area contributed by atoms with Gasteiger partial charge in [0.1, 0.15) is 0 Å². The topological polar surface area (TPSA) is 38.0 Å². The first-order chi connectivity index (χ1) is 7.16. The van der Waals surface area contributed by atoms with Gasteiger partial charge in [-0.1, -0.05) is 0 Å². The molecule has 2 rings (SSSR count). The molecule has 0 saturated carbocycles. The van der Waals surface area contributed by atoms with Crippen molar-refractivity contribution in [1.82, 2.24) is 0 Å². The molecule has 1 unspecified atom stereocenters. The number of hydrogen-bond acceptors (Lipinski definition) is 3. The normalized spacial score (nSPS) is 20.5. The highest BCUT2D eigenvalue weighted by atomic mass is 79.9. The number of benzene rings is 1. The van der Waals surface area contributed by atoms with Crippen LogP contribution in [0.1, 0.15) is 12.0 Å². The number of nitrogen functional groups attached to an aromatic ring is 1. The van der Waals surface area contributed by atoms with E-state index < -0.39 is 0 Å². The summed E-state index contributed by atoms with van der Waals surface area (Å²) in [5.41, 5.74) is 8.97. The van der Waals surface area contributed by atoms with E-state index in [9.17, 15) is 0 Å². The quantitative estimate of drug-likeness (QED) is 0.820. The van der Waals surface area contributed by atoms with Gasteiger partial charge in [-0.25, -0.2) is 0 Å². The van der Waals surface area contributed by atoms with Gasteiger partial charge < -0.3 is 11.1 Å². The lowest BCUT2D eigenvalue weighted by atomic mass is 10.1. The van der Waals surface area contributed by atoms with E-state index in [0.717, 1.165) is 21.4 Å². The van der Waals surface area contributed by atoms with Crippen molar-refractivity contribution < 1.29 is 0 Å². The average molecular weight is 287 g/mol. The van der Waals surface area contributed by atoms with Crippen molar-refractivity contribution in [2.24, 2.45) is 0 Å². The third kappa shape index (κ3) is 2.61. The van der Waals surface area contributed by atoms with E-state index in [4.69, 9.17) is 5.73 Å². The van der Waals surface area contributed by atoms with Crippen LogP contribution in [-0.4, -0.2) is 17.5 Å². The summed E-state index contributed by atoms with van der Waals surface area (Å²) in [5.74, 6) is 2.47. The molecular weight excluding hydrogens is 272 g/mol. The SMILES string of the molecule is Cc1cc(NC2CCSC2)c(Br)cc1N. The molecule has 0 amide bonds. The monoisotopic (exact) mass is 286 g/mol. The fourth-order valence-corrected chi connectivity index (χ4v) is 3.30. The third-order valence-electron chi connectivity index (χ3n) is 2.65. The van der Waals surface area contributed by atoms with Crippen molar-refractivity contribution in [1.29, 1.82) is 0 Å². The molecular formula is C11H15BrN2S. The zero-order chi connectivity index (χ0) is 10.8. The Morgan fingerprint density at radius 3 is 3.00 bits per heavy atom. The lowest BCUT2D eigenvalue weighted by Gasteiger charge is -2.15. The van der Waals surface area contributed by atoms with E-state index in [1.165, 1.54) is 17.9 Å². The molecule has 1 saturated heterocycles. The molecule has 1 atom stereocenters. The van der Waals surface area contributed by atoms with Crippen LogP contribution in [0.2, 0.25) is 0 Å². The van der Waals surface area contributed by atoms with E-state index in [1.54, 1.807) is 0 Å². The molecule has 15 heavy (non-hydrogen) atoms. The summed E-state index contributed by atoms with van der Waals surface area (Å²) in [6.45, 7) is 2.04. The molecule has 1 heterocycles. The number of rotatable bonds is 2. The maximum absolute atomic E-state index is 5.84. The zero-order valence-electron chi connectivity index (χ0n) is 8.72. The molecule has 82 valence electrons. The summed E-state index contributed by atoms with van der Waals surface area (Å²) in [6, 6.07) is 4.69. The fraction of sp³-hybridized carbons (Fsp3) is 0.455. The van der Waals surface area contributed by atoms with Gasteiger partial charge >= 0.3 is 0 Å². The molecule has 4 heteroatoms. The van der Waals surface area contributed by atoms with Crippen molar-refractivity contribution in [2.75, 3.05) is 22.6 Å². The van der Waals surface area contributed by atoms with Crippen LogP contribution in [0.4, 0.5) is 11.4 Å². The van der Waals surface area contributed by atoms with Gasteiger partial charge in [-0.15, -0.1) is 0 Å². The molecule has 3 N–H and O–H groups in total. The van der Waals surface area contributed by atoms with E-state index >= 15 is 0 Å². The summed E-state index contributed by atoms with van der Waals surface area (Å²) in [5, 5.41) is 3.55. The Hall–Kier alpha value is -0.350. The summed E-state index contributed by atoms with van der Waals surface area (Å²) >= 11 is 5.55. The minimum atomic E-state index is 0.606. The number of nitrogens with two attached hydrogens (primary N) is 1. The molecule has 1 fully saturated rings. The van der Waals surface area contributed by atoms with Gasteiger partial charge in [0.25, 0.3) is 0 Å². The number of aryl methyl sites for hydroxylation is 1. The van der Waals surface area contributed by atoms with Crippen LogP contribution in [0, 0.1) is 6.92 Å². The van der Waals surface area contributed by atoms with Crippen LogP contribution in [0.3, 0.4) is 0 Å². The summed E-state index contributed by atoms with van der Waals surface area (Å²) in [7, 11) is 0. The highest BCUT2D eigenvalue weighted by molar-refractivity contribution is 9.10. The van der Waals surface area contributed by atoms with Crippen molar-refractivity contribution in [3.05, 3.63) is 22.2 Å². The minimum Gasteiger partial charge on any atom is -0.398 e. The first-order valence-electron chi connectivity index (χ1n) is 5.06. The van der Waals surface area contributed by atoms with E-state index in [-0.39, 0.29) is 0 Å². The first-order valence-corrected chi connectivity index (χ1v) is 7.01. The number of thioether (sulfide) groups is 1. The van der Waals surface area contributed by atoms with Crippen LogP contribution in [0.5, 0.6) is 0 Å². The molecule has 0 radical (unpaired) electrons. The number of anilines is 2. The number of halogens is 1. The predicted molar refractivity (Wildman–Crippen MR) is 72.6 cm³/mol. The lowest BCUT2D eigenvalue weighted by Crippen LogP contribution is -2.18. The molecule has 0 aliphatic carbocycles. The zero-order valence-corrected chi connectivity index (χ0v) is 11.1. The Labute approximate surface area is 103 Å². The van der Waals surface area contributed by atoms with Crippen LogP contribution in [0.15, 0.2) is 16.6 Å². The van der Waals surface area contributed by atoms with Crippen LogP contribution >= 0.6 is 27.7 Å². The predicted octanol–water partition coefficient (Wildman–Crippen LogP) is 3.26. The van der Waals surface area contributed by atoms with Gasteiger partial charge in [0, 0.05) is 27.6 Å². The molecule has 0 aromatic heterocycles. The second-order valence-electron chi connectivity index (χ2n) is 3.89. The third-order valence-corrected chi connectivity index (χ3v) is 4.46. The molecule has 2 nitrogen and oxygen atoms in total. The molecule has 1 aromatic carbocycles. The Balaban J connectivity index is 2.16. The highest BCUT2D eigenvalue weighted by Crippen LogP contribution is 2.30. The standard InChI is InChI=1S/C11H15BrN2S/c1-7-4-11(9(12)5-10(7)13)14-8-2-3-15-6-8/h4-5,8,14H,2-3,6,13H2,1H3. The Bertz CT molecular complexity index is 362. The summed E-state index contributed by atoms with van der Waals surface area (Å²) in [4.78, 5) is 0. The summed E-state index contributed by atoms with van der Waals surface area (Å²) in [6.07, 6.45) is 1.25. The van der Waals surface area contributed by atoms with Crippen molar-refractivity contribution >= 4 is 39.1 Å². The second-order valence-corrected chi connectivity index (χ2v) is 5.90. The van der Waals surface area contributed by atoms with Gasteiger partial charge in [-0.2, -0.15) is 11.8 Å². The maximum Gasteiger partial charge on any atom is 0.0491 e. The highest BCUT2D eigenvalue weighted by Gasteiger charge is 2.16. The smallest absolute Gasteiger partial charge is 0.0491 e. The Kier molecular flexibility index (Phi) is 3.46. The van der Waals surface area contributed by atoms with Crippen molar-refractivity contribution in [3.8, 4) is 0 Å². The van der Waals surface area contributed by atoms with Crippen LogP contribution < -0.4 is 11.1 Å². The second kappa shape index (κ2) is 4.66. The van der Waals surface area contributed by atoms with Gasteiger partial charge in [0.2, 0.25) is 0 Å². The first kappa shape index (κ1) is 11.1. The summed E-state index contributed by atoms with van der Waals surface area (Å²) < 4.78 is 1.06. The average Bonchev–Trinajstić information content (AvgIpc) is 2.67. The van der Waals surface area contributed by atoms with Gasteiger partial charge in [0.15, 0.2) is 0 Å². The van der Waals surface area contributed by atoms with Gasteiger partial charge in [-0.3, -0.25) is 0 Å². The lowest BCUT2D eigenvalue weighted by molar-refractivity contribution is 0.812. The number of nitrogens with one attached hydrogen (secondary N) is 1. The van der Waals surface area contributed by atoms with Crippen molar-refractivity contribution in [2.45, 2.75) is 19.4 Å². The number of hydrogen-bond donors (Lipinski definition) is 2. The van der Waals surface area contributed by atoms with E-state index in [2.05, 4.69) is 27.3 Å². The molecule has 1 aliphatic rings. The largest absolute Gasteiger partial charge is 0.398 e. The molecule has 0 spiro atoms. The molecule has 1 aromatic rings. The Morgan fingerprint density at radius 2 is 2.33 bits per heavy atom. The van der Waals surface area contributed by atoms with Crippen LogP contribution in [-0.2, 0) is 0 Å². The van der Waals surface area contributed by atoms with E-state index in [1.807, 2.05) is 24.8 Å². The fourth-order valence-electron chi connectivity index (χ4n) is 1.68. The Morgan fingerprint density at radius 1 is 1.53 bits per heavy atom. The molecule has 0 bridgehead atoms. The van der Waals surface area contributed by atoms with E-state index in [0.29, 0.717) is 6.04 Å². The molecule has 1 aliphatic heterocycles. The maximum atomic E-state index is 5.84.